The molecule has 1 saturated carbocycles. The summed E-state index contributed by atoms with van der Waals surface area (Å²) < 4.78 is 38.9. The van der Waals surface area contributed by atoms with Crippen LogP contribution in [0.3, 0.4) is 0 Å². The Balaban J connectivity index is 1.90. The zero-order valence-corrected chi connectivity index (χ0v) is 39.6. The smallest absolute Gasteiger partial charge is 0.185 e. The van der Waals surface area contributed by atoms with E-state index in [2.05, 4.69) is 11.2 Å². The maximum atomic E-state index is 14.7. The second-order valence-electron chi connectivity index (χ2n) is 19.3. The van der Waals surface area contributed by atoms with Crippen molar-refractivity contribution >= 4 is 11.5 Å². The van der Waals surface area contributed by atoms with Crippen LogP contribution in [0.2, 0.25) is 0 Å². The number of hydrogen-bond donors (Lipinski definition) is 4. The van der Waals surface area contributed by atoms with E-state index in [0.29, 0.717) is 24.1 Å². The first-order valence-electron chi connectivity index (χ1n) is 22.3. The minimum absolute atomic E-state index is 0.0430. The molecule has 0 bridgehead atoms. The molecular formula is C47H77N3O12. The van der Waals surface area contributed by atoms with Crippen molar-refractivity contribution in [3.63, 3.8) is 0 Å². The zero-order valence-electron chi connectivity index (χ0n) is 39.6. The van der Waals surface area contributed by atoms with Crippen molar-refractivity contribution in [3.05, 3.63) is 35.4 Å². The largest absolute Gasteiger partial charge is 0.391 e. The van der Waals surface area contributed by atoms with Crippen molar-refractivity contribution < 1.29 is 58.5 Å². The number of methoxy groups -OCH3 is 2. The number of rotatable bonds is 11. The molecule has 3 aliphatic rings. The Kier molecular flexibility index (Phi) is 18.1. The average Bonchev–Trinajstić information content (AvgIpc) is 3.23. The fourth-order valence-electron chi connectivity index (χ4n) is 10.1. The molecule has 0 unspecified atom stereocenters. The number of ketones is 1. The minimum Gasteiger partial charge on any atom is -0.391 e. The molecule has 15 nitrogen and oxygen atoms in total. The number of nitriles is 1. The van der Waals surface area contributed by atoms with Crippen molar-refractivity contribution in [2.24, 2.45) is 34.7 Å². The van der Waals surface area contributed by atoms with Crippen LogP contribution in [0.1, 0.15) is 112 Å². The van der Waals surface area contributed by atoms with Gasteiger partial charge in [0.05, 0.1) is 64.7 Å². The fraction of sp³-hybridized carbons (Fsp3) is 0.809. The highest BCUT2D eigenvalue weighted by molar-refractivity contribution is 5.89. The number of oxime groups is 1. The van der Waals surface area contributed by atoms with Crippen LogP contribution in [0, 0.1) is 40.9 Å². The fourth-order valence-corrected chi connectivity index (χ4v) is 10.1. The molecule has 352 valence electrons. The summed E-state index contributed by atoms with van der Waals surface area (Å²) in [4.78, 5) is 22.7. The van der Waals surface area contributed by atoms with Crippen LogP contribution in [0.4, 0.5) is 0 Å². The van der Waals surface area contributed by atoms with Gasteiger partial charge in [0.25, 0.3) is 0 Å². The van der Waals surface area contributed by atoms with Crippen molar-refractivity contribution in [1.82, 2.24) is 4.90 Å². The summed E-state index contributed by atoms with van der Waals surface area (Å²) in [5, 5.41) is 61.4. The van der Waals surface area contributed by atoms with E-state index in [1.54, 1.807) is 59.9 Å². The summed E-state index contributed by atoms with van der Waals surface area (Å²) in [5.41, 5.74) is -2.31. The molecule has 62 heavy (non-hydrogen) atoms. The molecule has 4 rings (SSSR count). The first-order valence-corrected chi connectivity index (χ1v) is 22.3. The molecular weight excluding hydrogens is 799 g/mol. The molecule has 2 aliphatic heterocycles. The van der Waals surface area contributed by atoms with Gasteiger partial charge in [-0.05, 0) is 85.2 Å². The highest BCUT2D eigenvalue weighted by Gasteiger charge is 2.53. The van der Waals surface area contributed by atoms with Gasteiger partial charge in [0.2, 0.25) is 0 Å². The Morgan fingerprint density at radius 3 is 2.19 bits per heavy atom. The van der Waals surface area contributed by atoms with E-state index < -0.39 is 95.6 Å². The van der Waals surface area contributed by atoms with Gasteiger partial charge in [-0.1, -0.05) is 58.3 Å². The second kappa shape index (κ2) is 21.6. The van der Waals surface area contributed by atoms with Crippen LogP contribution in [0.25, 0.3) is 0 Å². The molecule has 2 heterocycles. The molecule has 1 aliphatic carbocycles. The summed E-state index contributed by atoms with van der Waals surface area (Å²) in [7, 11) is 6.91. The van der Waals surface area contributed by atoms with Crippen LogP contribution >= 0.6 is 0 Å². The van der Waals surface area contributed by atoms with Gasteiger partial charge in [-0.3, -0.25) is 4.79 Å². The Morgan fingerprint density at radius 2 is 1.60 bits per heavy atom. The lowest BCUT2D eigenvalue weighted by Crippen LogP contribution is -2.61. The highest BCUT2D eigenvalue weighted by Crippen LogP contribution is 2.43. The number of aliphatic hydroxyl groups excluding tert-OH is 3. The number of carbonyl (C=O) groups is 1. The van der Waals surface area contributed by atoms with Crippen LogP contribution in [0.5, 0.6) is 0 Å². The lowest BCUT2D eigenvalue weighted by Gasteiger charge is -2.50. The first kappa shape index (κ1) is 52.0. The van der Waals surface area contributed by atoms with Crippen molar-refractivity contribution in [3.8, 4) is 6.07 Å². The molecule has 1 aromatic rings. The molecule has 0 spiro atoms. The monoisotopic (exact) mass is 876 g/mol. The third kappa shape index (κ3) is 11.6. The van der Waals surface area contributed by atoms with E-state index in [0.717, 1.165) is 5.56 Å². The lowest BCUT2D eigenvalue weighted by molar-refractivity contribution is -0.318. The van der Waals surface area contributed by atoms with Crippen molar-refractivity contribution in [2.75, 3.05) is 28.3 Å². The van der Waals surface area contributed by atoms with Gasteiger partial charge in [-0.15, -0.1) is 0 Å². The molecule has 15 heteroatoms. The van der Waals surface area contributed by atoms with E-state index in [1.165, 1.54) is 7.11 Å². The van der Waals surface area contributed by atoms with E-state index in [9.17, 15) is 30.5 Å². The quantitative estimate of drug-likeness (QED) is 0.217. The standard InChI is InChI=1S/C47H77N3O12/c1-15-34-21-36(51)28(4)40(61-37-23-45(8,56-13)42(54)31(7)60-37)30(6)43(62-44-39(52)35(50(11)12)19-27(3)59-44)46(9,57-14)22-26(2)38(29(5)41(53)47(34,10)55)49-58-25-33-18-16-17-32(20-33)24-48/h16-18,20,26-31,34-35,37,39-44,52-55H,15,19,21-23,25H2,1-14H3/b49-38+/t26-,27-,28+,29+,30+,31+,34+,35+,37+,39-,40-,41-,42+,43-,44+,45-,46-,47-/m1/s1. The van der Waals surface area contributed by atoms with Gasteiger partial charge in [0.15, 0.2) is 12.6 Å². The Hall–Kier alpha value is -2.59. The molecule has 4 N–H and O–H groups in total. The molecule has 0 aromatic heterocycles. The Labute approximate surface area is 370 Å². The van der Waals surface area contributed by atoms with Gasteiger partial charge >= 0.3 is 0 Å². The average molecular weight is 876 g/mol. The molecule has 2 saturated heterocycles. The number of nitrogens with zero attached hydrogens (tertiary/aromatic N) is 3. The van der Waals surface area contributed by atoms with Crippen LogP contribution in [-0.2, 0) is 44.7 Å². The van der Waals surface area contributed by atoms with Gasteiger partial charge in [0, 0.05) is 56.8 Å². The molecule has 18 atom stereocenters. The first-order chi connectivity index (χ1) is 29.0. The highest BCUT2D eigenvalue weighted by atomic mass is 16.7. The second-order valence-corrected chi connectivity index (χ2v) is 19.3. The number of likely N-dealkylation sites (N-methyl/N-ethyl adjacent to an activating group) is 1. The van der Waals surface area contributed by atoms with E-state index in [1.807, 2.05) is 59.7 Å². The van der Waals surface area contributed by atoms with Crippen molar-refractivity contribution in [1.29, 1.82) is 5.26 Å². The third-order valence-electron chi connectivity index (χ3n) is 14.4. The number of Topliss-reactive ketones (excluding diaryl/α,β-unsaturated/α-hetero) is 1. The zero-order chi connectivity index (χ0) is 46.5. The minimum atomic E-state index is -1.74. The summed E-state index contributed by atoms with van der Waals surface area (Å²) >= 11 is 0. The number of benzene rings is 1. The van der Waals surface area contributed by atoms with Gasteiger partial charge in [-0.25, -0.2) is 0 Å². The predicted molar refractivity (Wildman–Crippen MR) is 233 cm³/mol. The topological polar surface area (TPSA) is 202 Å². The third-order valence-corrected chi connectivity index (χ3v) is 14.4. The van der Waals surface area contributed by atoms with E-state index >= 15 is 0 Å². The maximum Gasteiger partial charge on any atom is 0.185 e. The van der Waals surface area contributed by atoms with Crippen LogP contribution in [-0.4, -0.2) is 143 Å². The molecule has 0 radical (unpaired) electrons. The number of hydrogen-bond acceptors (Lipinski definition) is 15. The number of aliphatic hydroxyl groups is 4. The maximum absolute atomic E-state index is 14.7. The summed E-state index contributed by atoms with van der Waals surface area (Å²) in [6, 6.07) is 8.88. The Morgan fingerprint density at radius 1 is 0.935 bits per heavy atom. The summed E-state index contributed by atoms with van der Waals surface area (Å²) in [6.07, 6.45) is -6.81. The van der Waals surface area contributed by atoms with Crippen LogP contribution < -0.4 is 0 Å². The Bertz CT molecular complexity index is 1690. The normalized spacial score (nSPS) is 43.5. The molecule has 0 amide bonds. The van der Waals surface area contributed by atoms with E-state index in [4.69, 9.17) is 33.3 Å². The lowest BCUT2D eigenvalue weighted by atomic mass is 9.69. The van der Waals surface area contributed by atoms with Crippen molar-refractivity contribution in [2.45, 2.75) is 186 Å². The van der Waals surface area contributed by atoms with E-state index in [-0.39, 0.29) is 43.8 Å². The van der Waals surface area contributed by atoms with Gasteiger partial charge < -0.3 is 58.6 Å². The summed E-state index contributed by atoms with van der Waals surface area (Å²) in [5.74, 6) is -3.54. The van der Waals surface area contributed by atoms with Gasteiger partial charge in [-0.2, -0.15) is 5.26 Å². The van der Waals surface area contributed by atoms with Gasteiger partial charge in [0.1, 0.15) is 24.6 Å². The number of ether oxygens (including phenoxy) is 6. The number of carbonyl (C=O) groups excluding carboxylic acids is 1. The van der Waals surface area contributed by atoms with Crippen LogP contribution in [0.15, 0.2) is 29.4 Å². The SMILES string of the molecule is CC[C@H]1CC(=O)[C@H](C)[C@@H](O[C@H]2C[C@@](C)(OC)[C@@H](O)[C@H](C)O2)[C@H](C)[C@@H](O[C@@H]2O[C@H](C)C[C@H](N(C)C)[C@H]2O)[C@](C)(OC)C[C@@H](C)/C(=N\OCc2cccc(C#N)c2)[C@H](C)[C@@H](O)[C@]1(C)O. The summed E-state index contributed by atoms with van der Waals surface area (Å²) in [6.45, 7) is 18.3. The molecule has 3 fully saturated rings. The molecule has 1 aromatic carbocycles. The predicted octanol–water partition coefficient (Wildman–Crippen LogP) is 4.98.